The molecule has 0 saturated carbocycles. The van der Waals surface area contributed by atoms with Crippen molar-refractivity contribution in [3.05, 3.63) is 65.9 Å². The van der Waals surface area contributed by atoms with Crippen molar-refractivity contribution in [3.8, 4) is 5.75 Å². The van der Waals surface area contributed by atoms with Crippen LogP contribution >= 0.6 is 0 Å². The topological polar surface area (TPSA) is 31.2 Å². The van der Waals surface area contributed by atoms with Gasteiger partial charge in [0.1, 0.15) is 5.75 Å². The lowest BCUT2D eigenvalue weighted by atomic mass is 10.0. The van der Waals surface area contributed by atoms with Gasteiger partial charge in [0.2, 0.25) is 0 Å². The number of para-hydroxylation sites is 1. The molecule has 0 aliphatic rings. The van der Waals surface area contributed by atoms with Gasteiger partial charge in [0.05, 0.1) is 7.11 Å². The molecule has 24 heavy (non-hydrogen) atoms. The maximum atomic E-state index is 13.0. The van der Waals surface area contributed by atoms with Gasteiger partial charge in [-0.1, -0.05) is 31.5 Å². The number of hydrogen-bond acceptors (Lipinski definition) is 2. The molecule has 0 amide bonds. The van der Waals surface area contributed by atoms with E-state index in [0.717, 1.165) is 35.1 Å². The average Bonchev–Trinajstić information content (AvgIpc) is 3.01. The molecule has 0 fully saturated rings. The van der Waals surface area contributed by atoms with Crippen molar-refractivity contribution in [3.63, 3.8) is 0 Å². The van der Waals surface area contributed by atoms with Gasteiger partial charge in [-0.15, -0.1) is 0 Å². The summed E-state index contributed by atoms with van der Waals surface area (Å²) in [6.45, 7) is 4.39. The quantitative estimate of drug-likeness (QED) is 0.581. The number of carbonyl (C=O) groups is 1. The highest BCUT2D eigenvalue weighted by atomic mass is 16.5. The van der Waals surface area contributed by atoms with E-state index in [1.165, 1.54) is 0 Å². The Balaban J connectivity index is 2.06. The van der Waals surface area contributed by atoms with Crippen LogP contribution in [-0.4, -0.2) is 17.5 Å². The van der Waals surface area contributed by atoms with Gasteiger partial charge >= 0.3 is 0 Å². The normalized spacial score (nSPS) is 12.3. The third kappa shape index (κ3) is 2.94. The van der Waals surface area contributed by atoms with Crippen molar-refractivity contribution in [1.29, 1.82) is 0 Å². The molecule has 3 rings (SSSR count). The Kier molecular flexibility index (Phi) is 4.70. The van der Waals surface area contributed by atoms with E-state index in [1.54, 1.807) is 7.11 Å². The Labute approximate surface area is 142 Å². The fraction of sp³-hybridized carbons (Fsp3) is 0.286. The highest BCUT2D eigenvalue weighted by Crippen LogP contribution is 2.28. The van der Waals surface area contributed by atoms with E-state index in [-0.39, 0.29) is 5.78 Å². The third-order valence-electron chi connectivity index (χ3n) is 4.52. The summed E-state index contributed by atoms with van der Waals surface area (Å²) in [6.07, 6.45) is 4.22. The largest absolute Gasteiger partial charge is 0.497 e. The summed E-state index contributed by atoms with van der Waals surface area (Å²) in [7, 11) is 1.62. The summed E-state index contributed by atoms with van der Waals surface area (Å²) in [4.78, 5) is 13.0. The predicted octanol–water partition coefficient (Wildman–Crippen LogP) is 5.24. The first-order chi connectivity index (χ1) is 11.7. The van der Waals surface area contributed by atoms with Gasteiger partial charge in [0.25, 0.3) is 0 Å². The number of ketones is 1. The zero-order valence-electron chi connectivity index (χ0n) is 14.5. The average molecular weight is 321 g/mol. The van der Waals surface area contributed by atoms with Crippen LogP contribution in [0, 0.1) is 0 Å². The van der Waals surface area contributed by atoms with Crippen LogP contribution in [0.4, 0.5) is 0 Å². The van der Waals surface area contributed by atoms with Crippen molar-refractivity contribution in [2.75, 3.05) is 7.11 Å². The SMILES string of the molecule is CCCC(C)n1cc(C(=O)c2ccc(OC)cc2)c2ccccc21. The number of nitrogens with zero attached hydrogens (tertiary/aromatic N) is 1. The molecule has 1 heterocycles. The number of aromatic nitrogens is 1. The molecule has 0 aliphatic carbocycles. The Morgan fingerprint density at radius 2 is 1.83 bits per heavy atom. The zero-order valence-corrected chi connectivity index (χ0v) is 14.5. The van der Waals surface area contributed by atoms with Crippen LogP contribution < -0.4 is 4.74 Å². The first-order valence-electron chi connectivity index (χ1n) is 8.44. The number of fused-ring (bicyclic) bond motifs is 1. The molecule has 1 atom stereocenters. The Hall–Kier alpha value is -2.55. The second kappa shape index (κ2) is 6.91. The van der Waals surface area contributed by atoms with E-state index in [1.807, 2.05) is 48.7 Å². The molecule has 3 nitrogen and oxygen atoms in total. The Bertz CT molecular complexity index is 846. The summed E-state index contributed by atoms with van der Waals surface area (Å²) in [6, 6.07) is 15.8. The van der Waals surface area contributed by atoms with Gasteiger partial charge in [0.15, 0.2) is 5.78 Å². The van der Waals surface area contributed by atoms with E-state index >= 15 is 0 Å². The van der Waals surface area contributed by atoms with Gasteiger partial charge in [-0.25, -0.2) is 0 Å². The van der Waals surface area contributed by atoms with Crippen molar-refractivity contribution >= 4 is 16.7 Å². The molecule has 1 aromatic heterocycles. The maximum absolute atomic E-state index is 13.0. The number of hydrogen-bond donors (Lipinski definition) is 0. The molecule has 0 N–H and O–H groups in total. The van der Waals surface area contributed by atoms with Gasteiger partial charge in [-0.3, -0.25) is 4.79 Å². The van der Waals surface area contributed by atoms with Gasteiger partial charge < -0.3 is 9.30 Å². The molecule has 0 spiro atoms. The minimum atomic E-state index is 0.0521. The standard InChI is InChI=1S/C21H23NO2/c1-4-7-15(2)22-14-19(18-8-5-6-9-20(18)22)21(23)16-10-12-17(24-3)13-11-16/h5-6,8-15H,4,7H2,1-3H3. The number of benzene rings is 2. The fourth-order valence-electron chi connectivity index (χ4n) is 3.21. The van der Waals surface area contributed by atoms with Crippen molar-refractivity contribution in [1.82, 2.24) is 4.57 Å². The molecule has 124 valence electrons. The summed E-state index contributed by atoms with van der Waals surface area (Å²) in [5, 5.41) is 1.02. The van der Waals surface area contributed by atoms with Gasteiger partial charge in [0, 0.05) is 34.3 Å². The summed E-state index contributed by atoms with van der Waals surface area (Å²) in [5.74, 6) is 0.807. The molecule has 1 unspecified atom stereocenters. The molecular weight excluding hydrogens is 298 g/mol. The summed E-state index contributed by atoms with van der Waals surface area (Å²) in [5.41, 5.74) is 2.57. The highest BCUT2D eigenvalue weighted by Gasteiger charge is 2.18. The lowest BCUT2D eigenvalue weighted by Crippen LogP contribution is -2.04. The smallest absolute Gasteiger partial charge is 0.195 e. The molecule has 0 saturated heterocycles. The first kappa shape index (κ1) is 16.3. The fourth-order valence-corrected chi connectivity index (χ4v) is 3.21. The molecule has 3 heteroatoms. The molecule has 3 aromatic rings. The lowest BCUT2D eigenvalue weighted by molar-refractivity contribution is 0.104. The highest BCUT2D eigenvalue weighted by molar-refractivity contribution is 6.16. The second-order valence-corrected chi connectivity index (χ2v) is 6.16. The Morgan fingerprint density at radius 3 is 2.50 bits per heavy atom. The number of ether oxygens (including phenoxy) is 1. The molecule has 2 aromatic carbocycles. The van der Waals surface area contributed by atoms with Gasteiger partial charge in [-0.05, 0) is 43.7 Å². The van der Waals surface area contributed by atoms with E-state index in [2.05, 4.69) is 24.5 Å². The Morgan fingerprint density at radius 1 is 1.12 bits per heavy atom. The lowest BCUT2D eigenvalue weighted by Gasteiger charge is -2.13. The van der Waals surface area contributed by atoms with E-state index in [4.69, 9.17) is 4.74 Å². The second-order valence-electron chi connectivity index (χ2n) is 6.16. The van der Waals surface area contributed by atoms with Crippen LogP contribution in [0.25, 0.3) is 10.9 Å². The molecule has 0 aliphatic heterocycles. The van der Waals surface area contributed by atoms with E-state index in [9.17, 15) is 4.79 Å². The summed E-state index contributed by atoms with van der Waals surface area (Å²) >= 11 is 0. The van der Waals surface area contributed by atoms with Crippen molar-refractivity contribution in [2.24, 2.45) is 0 Å². The molecule has 0 radical (unpaired) electrons. The minimum Gasteiger partial charge on any atom is -0.497 e. The van der Waals surface area contributed by atoms with Crippen molar-refractivity contribution in [2.45, 2.75) is 32.7 Å². The van der Waals surface area contributed by atoms with Crippen LogP contribution in [0.3, 0.4) is 0 Å². The number of carbonyl (C=O) groups excluding carboxylic acids is 1. The number of rotatable bonds is 6. The van der Waals surface area contributed by atoms with E-state index in [0.29, 0.717) is 11.6 Å². The molecular formula is C21H23NO2. The van der Waals surface area contributed by atoms with Crippen molar-refractivity contribution < 1.29 is 9.53 Å². The maximum Gasteiger partial charge on any atom is 0.195 e. The van der Waals surface area contributed by atoms with Crippen LogP contribution in [0.1, 0.15) is 48.7 Å². The summed E-state index contributed by atoms with van der Waals surface area (Å²) < 4.78 is 7.40. The van der Waals surface area contributed by atoms with Gasteiger partial charge in [-0.2, -0.15) is 0 Å². The minimum absolute atomic E-state index is 0.0521. The van der Waals surface area contributed by atoms with Crippen LogP contribution in [-0.2, 0) is 0 Å². The predicted molar refractivity (Wildman–Crippen MR) is 98.0 cm³/mol. The van der Waals surface area contributed by atoms with Crippen LogP contribution in [0.2, 0.25) is 0 Å². The van der Waals surface area contributed by atoms with Crippen LogP contribution in [0.5, 0.6) is 5.75 Å². The number of methoxy groups -OCH3 is 1. The third-order valence-corrected chi connectivity index (χ3v) is 4.52. The molecule has 0 bridgehead atoms. The zero-order chi connectivity index (χ0) is 17.1. The monoisotopic (exact) mass is 321 g/mol. The van der Waals surface area contributed by atoms with E-state index < -0.39 is 0 Å². The van der Waals surface area contributed by atoms with Crippen LogP contribution in [0.15, 0.2) is 54.7 Å². The first-order valence-corrected chi connectivity index (χ1v) is 8.44.